The Kier molecular flexibility index (Phi) is 8.54. The molecule has 34 heavy (non-hydrogen) atoms. The van der Waals surface area contributed by atoms with Gasteiger partial charge in [0.25, 0.3) is 5.91 Å². The number of allylic oxidation sites excluding steroid dienone is 7. The molecule has 0 radical (unpaired) electrons. The highest BCUT2D eigenvalue weighted by molar-refractivity contribution is 5.96. The van der Waals surface area contributed by atoms with Gasteiger partial charge in [0.2, 0.25) is 0 Å². The van der Waals surface area contributed by atoms with Gasteiger partial charge in [0.1, 0.15) is 5.70 Å². The summed E-state index contributed by atoms with van der Waals surface area (Å²) in [6.45, 7) is 11.8. The van der Waals surface area contributed by atoms with Gasteiger partial charge in [-0.25, -0.2) is 8.78 Å². The number of aliphatic imine (C=N–C) groups is 1. The molecule has 0 aromatic heterocycles. The molecule has 1 aromatic rings. The maximum Gasteiger partial charge on any atom is 0.270 e. The normalized spacial score (nSPS) is 19.8. The van der Waals surface area contributed by atoms with Crippen LogP contribution < -0.4 is 5.32 Å². The van der Waals surface area contributed by atoms with Crippen LogP contribution in [-0.4, -0.2) is 18.7 Å². The van der Waals surface area contributed by atoms with E-state index >= 15 is 0 Å². The molecule has 0 aliphatic heterocycles. The molecule has 0 bridgehead atoms. The molecular formula is C29H34F2N2O. The number of nitrogens with one attached hydrogen (secondary N) is 1. The number of hydrogen-bond acceptors (Lipinski definition) is 2. The van der Waals surface area contributed by atoms with Gasteiger partial charge in [-0.05, 0) is 112 Å². The van der Waals surface area contributed by atoms with Crippen LogP contribution in [0.1, 0.15) is 71.8 Å². The first-order valence-corrected chi connectivity index (χ1v) is 12.0. The molecule has 2 aliphatic rings. The van der Waals surface area contributed by atoms with E-state index in [2.05, 4.69) is 36.1 Å². The summed E-state index contributed by atoms with van der Waals surface area (Å²) in [4.78, 5) is 17.6. The standard InChI is InChI=1S/C29H34F2N2O/c1-6-10-22-18(3)11-8-14-27(22)33-29(34)28(32-5)21(7-2)24-13-9-12-23(19(24)4)20-15-16-25(30)26(31)17-20/h6,10,13,15-17,27H,5,7-9,11-12,14H2,1-4H3,(H,33,34)/b10-6-,28-21-. The highest BCUT2D eigenvalue weighted by Gasteiger charge is 2.26. The van der Waals surface area contributed by atoms with Crippen molar-refractivity contribution in [1.29, 1.82) is 0 Å². The molecule has 1 aromatic carbocycles. The van der Waals surface area contributed by atoms with Gasteiger partial charge in [-0.2, -0.15) is 0 Å². The van der Waals surface area contributed by atoms with Crippen LogP contribution in [0.2, 0.25) is 0 Å². The second-order valence-electron chi connectivity index (χ2n) is 8.88. The third-order valence-corrected chi connectivity index (χ3v) is 6.77. The molecule has 3 nitrogen and oxygen atoms in total. The largest absolute Gasteiger partial charge is 0.344 e. The first-order valence-electron chi connectivity index (χ1n) is 12.0. The molecule has 1 atom stereocenters. The fourth-order valence-electron chi connectivity index (χ4n) is 5.03. The summed E-state index contributed by atoms with van der Waals surface area (Å²) < 4.78 is 27.4. The number of nitrogens with zero attached hydrogens (tertiary/aromatic N) is 1. The highest BCUT2D eigenvalue weighted by atomic mass is 19.2. The molecule has 2 aliphatic carbocycles. The summed E-state index contributed by atoms with van der Waals surface area (Å²) in [5, 5.41) is 3.19. The van der Waals surface area contributed by atoms with Crippen LogP contribution in [0, 0.1) is 11.6 Å². The van der Waals surface area contributed by atoms with E-state index in [9.17, 15) is 13.6 Å². The topological polar surface area (TPSA) is 41.5 Å². The maximum atomic E-state index is 13.9. The Morgan fingerprint density at radius 1 is 1.24 bits per heavy atom. The Bertz CT molecular complexity index is 1130. The Labute approximate surface area is 201 Å². The van der Waals surface area contributed by atoms with Gasteiger partial charge in [-0.15, -0.1) is 0 Å². The SMILES string of the molecule is C=N/C(C(=O)NC1CCCC(C)=C1/C=C\C)=C(/CC)C1=CCCC(c2ccc(F)c(F)c2)=C1C. The third kappa shape index (κ3) is 5.35. The van der Waals surface area contributed by atoms with E-state index in [0.29, 0.717) is 17.7 Å². The van der Waals surface area contributed by atoms with Gasteiger partial charge >= 0.3 is 0 Å². The second-order valence-corrected chi connectivity index (χ2v) is 8.88. The molecule has 0 spiro atoms. The Morgan fingerprint density at radius 2 is 2.00 bits per heavy atom. The summed E-state index contributed by atoms with van der Waals surface area (Å²) in [5.41, 5.74) is 7.09. The van der Waals surface area contributed by atoms with Crippen molar-refractivity contribution in [3.05, 3.63) is 87.2 Å². The zero-order valence-electron chi connectivity index (χ0n) is 20.6. The first-order chi connectivity index (χ1) is 16.3. The molecule has 1 N–H and O–H groups in total. The lowest BCUT2D eigenvalue weighted by molar-refractivity contribution is -0.118. The Morgan fingerprint density at radius 3 is 2.65 bits per heavy atom. The summed E-state index contributed by atoms with van der Waals surface area (Å²) in [7, 11) is 0. The van der Waals surface area contributed by atoms with E-state index in [1.807, 2.05) is 26.8 Å². The first kappa shape index (κ1) is 25.5. The van der Waals surface area contributed by atoms with Crippen molar-refractivity contribution in [3.63, 3.8) is 0 Å². The van der Waals surface area contributed by atoms with Gasteiger partial charge < -0.3 is 5.32 Å². The lowest BCUT2D eigenvalue weighted by Crippen LogP contribution is -2.38. The number of carbonyl (C=O) groups is 1. The van der Waals surface area contributed by atoms with Gasteiger partial charge in [0, 0.05) is 0 Å². The summed E-state index contributed by atoms with van der Waals surface area (Å²) in [6.07, 6.45) is 11.2. The van der Waals surface area contributed by atoms with E-state index in [1.54, 1.807) is 6.07 Å². The average Bonchev–Trinajstić information content (AvgIpc) is 2.82. The second kappa shape index (κ2) is 11.4. The van der Waals surface area contributed by atoms with E-state index in [-0.39, 0.29) is 11.9 Å². The smallest absolute Gasteiger partial charge is 0.270 e. The minimum absolute atomic E-state index is 0.0537. The Hall–Kier alpha value is -3.08. The molecule has 5 heteroatoms. The minimum atomic E-state index is -0.860. The fraction of sp³-hybridized carbons (Fsp3) is 0.379. The van der Waals surface area contributed by atoms with Crippen molar-refractivity contribution < 1.29 is 13.6 Å². The van der Waals surface area contributed by atoms with E-state index < -0.39 is 11.6 Å². The molecule has 1 amide bonds. The minimum Gasteiger partial charge on any atom is -0.344 e. The molecule has 0 fully saturated rings. The monoisotopic (exact) mass is 464 g/mol. The summed E-state index contributed by atoms with van der Waals surface area (Å²) in [5.74, 6) is -1.95. The predicted molar refractivity (Wildman–Crippen MR) is 136 cm³/mol. The van der Waals surface area contributed by atoms with Gasteiger partial charge in [-0.3, -0.25) is 9.79 Å². The van der Waals surface area contributed by atoms with Crippen LogP contribution in [-0.2, 0) is 4.79 Å². The summed E-state index contributed by atoms with van der Waals surface area (Å²) in [6, 6.07) is 3.95. The van der Waals surface area contributed by atoms with Crippen LogP contribution in [0.5, 0.6) is 0 Å². The number of hydrogen-bond donors (Lipinski definition) is 1. The Balaban J connectivity index is 1.98. The van der Waals surface area contributed by atoms with Gasteiger partial charge in [0.15, 0.2) is 11.6 Å². The molecule has 0 heterocycles. The third-order valence-electron chi connectivity index (χ3n) is 6.77. The number of rotatable bonds is 7. The van der Waals surface area contributed by atoms with Crippen LogP contribution in [0.15, 0.2) is 75.0 Å². The molecule has 180 valence electrons. The van der Waals surface area contributed by atoms with E-state index in [0.717, 1.165) is 66.0 Å². The zero-order chi connectivity index (χ0) is 24.8. The van der Waals surface area contributed by atoms with Crippen LogP contribution in [0.3, 0.4) is 0 Å². The van der Waals surface area contributed by atoms with Crippen LogP contribution >= 0.6 is 0 Å². The predicted octanol–water partition coefficient (Wildman–Crippen LogP) is 7.38. The highest BCUT2D eigenvalue weighted by Crippen LogP contribution is 2.38. The van der Waals surface area contributed by atoms with Crippen molar-refractivity contribution in [2.45, 2.75) is 72.3 Å². The number of amides is 1. The number of benzene rings is 1. The molecule has 0 saturated carbocycles. The van der Waals surface area contributed by atoms with Crippen molar-refractivity contribution in [2.24, 2.45) is 4.99 Å². The van der Waals surface area contributed by atoms with Crippen molar-refractivity contribution in [1.82, 2.24) is 5.32 Å². The average molecular weight is 465 g/mol. The van der Waals surface area contributed by atoms with E-state index in [1.165, 1.54) is 11.6 Å². The maximum absolute atomic E-state index is 13.9. The van der Waals surface area contributed by atoms with Crippen LogP contribution in [0.25, 0.3) is 5.57 Å². The summed E-state index contributed by atoms with van der Waals surface area (Å²) >= 11 is 0. The molecular weight excluding hydrogens is 430 g/mol. The molecule has 3 rings (SSSR count). The van der Waals surface area contributed by atoms with Crippen LogP contribution in [0.4, 0.5) is 8.78 Å². The van der Waals surface area contributed by atoms with Crippen molar-refractivity contribution >= 4 is 18.2 Å². The molecule has 1 unspecified atom stereocenters. The quantitative estimate of drug-likeness (QED) is 0.332. The number of halogens is 2. The van der Waals surface area contributed by atoms with Gasteiger partial charge in [-0.1, -0.05) is 36.8 Å². The van der Waals surface area contributed by atoms with Gasteiger partial charge in [0.05, 0.1) is 6.04 Å². The number of carbonyl (C=O) groups excluding carboxylic acids is 1. The lowest BCUT2D eigenvalue weighted by atomic mass is 9.83. The lowest BCUT2D eigenvalue weighted by Gasteiger charge is -2.27. The van der Waals surface area contributed by atoms with Crippen molar-refractivity contribution in [3.8, 4) is 0 Å². The van der Waals surface area contributed by atoms with E-state index in [4.69, 9.17) is 0 Å². The zero-order valence-corrected chi connectivity index (χ0v) is 20.6. The molecule has 0 saturated heterocycles. The fourth-order valence-corrected chi connectivity index (χ4v) is 5.03. The van der Waals surface area contributed by atoms with Crippen molar-refractivity contribution in [2.75, 3.05) is 0 Å².